The van der Waals surface area contributed by atoms with Crippen LogP contribution in [0.2, 0.25) is 0 Å². The van der Waals surface area contributed by atoms with Crippen LogP contribution in [0.4, 0.5) is 0 Å². The Morgan fingerprint density at radius 1 is 0.458 bits per heavy atom. The van der Waals surface area contributed by atoms with Gasteiger partial charge in [0.15, 0.2) is 0 Å². The van der Waals surface area contributed by atoms with E-state index in [0.717, 1.165) is 49.8 Å². The zero-order chi connectivity index (χ0) is 31.6. The predicted octanol–water partition coefficient (Wildman–Crippen LogP) is 10.00. The first-order valence-corrected chi connectivity index (χ1v) is 16.3. The number of aliphatic imine (C=N–C) groups is 2. The van der Waals surface area contributed by atoms with Crippen LogP contribution in [0.15, 0.2) is 174 Å². The molecule has 7 aromatic carbocycles. The summed E-state index contributed by atoms with van der Waals surface area (Å²) in [6.45, 7) is 0. The third kappa shape index (κ3) is 3.98. The largest absolute Gasteiger partial charge is 0.344 e. The normalized spacial score (nSPS) is 14.9. The minimum atomic E-state index is -0.298. The summed E-state index contributed by atoms with van der Waals surface area (Å²) in [5.41, 5.74) is 7.81. The molecule has 9 aromatic rings. The minimum Gasteiger partial charge on any atom is -0.344 e. The smallest absolute Gasteiger partial charge is 0.234 e. The van der Waals surface area contributed by atoms with Crippen molar-refractivity contribution in [2.45, 2.75) is 6.17 Å². The Kier molecular flexibility index (Phi) is 5.87. The van der Waals surface area contributed by atoms with Crippen LogP contribution in [0.5, 0.6) is 0 Å². The Hall–Kier alpha value is -6.46. The number of aromatic nitrogens is 2. The molecule has 1 N–H and O–H groups in total. The molecule has 48 heavy (non-hydrogen) atoms. The monoisotopic (exact) mass is 615 g/mol. The fraction of sp³-hybridized carbons (Fsp3) is 0.0233. The highest BCUT2D eigenvalue weighted by molar-refractivity contribution is 6.25. The van der Waals surface area contributed by atoms with Crippen molar-refractivity contribution in [1.82, 2.24) is 14.5 Å². The predicted molar refractivity (Wildman–Crippen MR) is 199 cm³/mol. The molecule has 0 bridgehead atoms. The lowest BCUT2D eigenvalue weighted by Crippen LogP contribution is -2.35. The van der Waals surface area contributed by atoms with Crippen molar-refractivity contribution in [3.8, 4) is 5.69 Å². The lowest BCUT2D eigenvalue weighted by molar-refractivity contribution is 0.668. The van der Waals surface area contributed by atoms with Crippen molar-refractivity contribution >= 4 is 66.2 Å². The number of hydrogen-bond donors (Lipinski definition) is 1. The first-order valence-electron chi connectivity index (χ1n) is 16.3. The minimum absolute atomic E-state index is 0.298. The summed E-state index contributed by atoms with van der Waals surface area (Å²) >= 11 is 0. The molecular weight excluding hydrogens is 587 g/mol. The first-order chi connectivity index (χ1) is 23.8. The summed E-state index contributed by atoms with van der Waals surface area (Å²) < 4.78 is 4.69. The van der Waals surface area contributed by atoms with E-state index in [9.17, 15) is 0 Å². The van der Waals surface area contributed by atoms with E-state index in [2.05, 4.69) is 154 Å². The van der Waals surface area contributed by atoms with Crippen molar-refractivity contribution in [3.63, 3.8) is 0 Å². The molecule has 0 radical (unpaired) electrons. The van der Waals surface area contributed by atoms with Crippen molar-refractivity contribution in [1.29, 1.82) is 0 Å². The van der Waals surface area contributed by atoms with Crippen LogP contribution in [0, 0.1) is 0 Å². The highest BCUT2D eigenvalue weighted by Crippen LogP contribution is 2.41. The van der Waals surface area contributed by atoms with Gasteiger partial charge in [0.1, 0.15) is 12.0 Å². The summed E-state index contributed by atoms with van der Waals surface area (Å²) in [6, 6.07) is 57.9. The average Bonchev–Trinajstić information content (AvgIpc) is 3.68. The highest BCUT2D eigenvalue weighted by atomic mass is 15.3. The van der Waals surface area contributed by atoms with E-state index in [0.29, 0.717) is 5.96 Å². The number of rotatable bonds is 3. The van der Waals surface area contributed by atoms with Gasteiger partial charge in [-0.3, -0.25) is 4.57 Å². The van der Waals surface area contributed by atoms with Gasteiger partial charge in [0, 0.05) is 37.9 Å². The lowest BCUT2D eigenvalue weighted by atomic mass is 10.0. The molecule has 0 spiro atoms. The molecule has 1 aliphatic heterocycles. The zero-order valence-corrected chi connectivity index (χ0v) is 26.0. The summed E-state index contributed by atoms with van der Waals surface area (Å²) in [5, 5.41) is 10.8. The van der Waals surface area contributed by atoms with Gasteiger partial charge in [0.25, 0.3) is 0 Å². The lowest BCUT2D eigenvalue weighted by Gasteiger charge is -2.24. The van der Waals surface area contributed by atoms with E-state index < -0.39 is 0 Å². The highest BCUT2D eigenvalue weighted by Gasteiger charge is 2.25. The van der Waals surface area contributed by atoms with Gasteiger partial charge in [-0.25, -0.2) is 4.99 Å². The molecule has 0 fully saturated rings. The third-order valence-corrected chi connectivity index (χ3v) is 9.57. The summed E-state index contributed by atoms with van der Waals surface area (Å²) in [6.07, 6.45) is -0.298. The van der Waals surface area contributed by atoms with Crippen LogP contribution in [0.1, 0.15) is 17.3 Å². The molecule has 1 atom stereocenters. The first kappa shape index (κ1) is 26.7. The quantitative estimate of drug-likeness (QED) is 0.211. The number of nitrogens with zero attached hydrogens (tertiary/aromatic N) is 4. The molecule has 10 rings (SSSR count). The maximum atomic E-state index is 5.31. The molecule has 226 valence electrons. The van der Waals surface area contributed by atoms with Crippen molar-refractivity contribution in [2.75, 3.05) is 0 Å². The second kappa shape index (κ2) is 10.5. The Morgan fingerprint density at radius 3 is 1.60 bits per heavy atom. The van der Waals surface area contributed by atoms with E-state index in [1.165, 1.54) is 27.2 Å². The molecule has 1 unspecified atom stereocenters. The van der Waals surface area contributed by atoms with E-state index in [4.69, 9.17) is 9.98 Å². The Labute approximate surface area is 276 Å². The number of nitrogens with one attached hydrogen (secondary N) is 1. The maximum absolute atomic E-state index is 5.31. The van der Waals surface area contributed by atoms with Crippen LogP contribution in [0.3, 0.4) is 0 Å². The fourth-order valence-corrected chi connectivity index (χ4v) is 7.46. The van der Waals surface area contributed by atoms with E-state index >= 15 is 0 Å². The van der Waals surface area contributed by atoms with E-state index in [1.54, 1.807) is 0 Å². The maximum Gasteiger partial charge on any atom is 0.234 e. The van der Waals surface area contributed by atoms with E-state index in [1.807, 2.05) is 24.3 Å². The fourth-order valence-electron chi connectivity index (χ4n) is 7.46. The summed E-state index contributed by atoms with van der Waals surface area (Å²) in [7, 11) is 0. The molecule has 0 saturated heterocycles. The zero-order valence-electron chi connectivity index (χ0n) is 26.0. The van der Waals surface area contributed by atoms with Gasteiger partial charge < -0.3 is 9.88 Å². The Bertz CT molecular complexity index is 2700. The Balaban J connectivity index is 1.32. The van der Waals surface area contributed by atoms with Crippen molar-refractivity contribution < 1.29 is 0 Å². The number of fused-ring (bicyclic) bond motifs is 8. The molecule has 0 aliphatic carbocycles. The van der Waals surface area contributed by atoms with Gasteiger partial charge in [0.05, 0.1) is 27.8 Å². The van der Waals surface area contributed by atoms with Crippen LogP contribution in [-0.2, 0) is 0 Å². The van der Waals surface area contributed by atoms with Gasteiger partial charge in [-0.15, -0.1) is 0 Å². The van der Waals surface area contributed by atoms with Crippen LogP contribution in [0.25, 0.3) is 60.1 Å². The Morgan fingerprint density at radius 2 is 0.958 bits per heavy atom. The van der Waals surface area contributed by atoms with Gasteiger partial charge in [0.2, 0.25) is 5.96 Å². The van der Waals surface area contributed by atoms with Crippen molar-refractivity contribution in [3.05, 3.63) is 175 Å². The molecule has 1 aliphatic rings. The second-order valence-electron chi connectivity index (χ2n) is 12.3. The standard InChI is InChI=1S/C43H29N5/c1-3-15-28(16-4-1)41-44-42(29-17-5-2-6-18-29)46-43(45-41)48-38-26-14-11-22-33(38)35-27-39(32-21-7-8-23-34(32)40(35)48)47-36-24-12-9-19-30(36)31-20-10-13-25-37(31)47/h1-27,41H,(H,44,45,46). The van der Waals surface area contributed by atoms with E-state index in [-0.39, 0.29) is 6.17 Å². The SMILES string of the molecule is c1ccc(C2=NC(n3c4ccccc4c4cc(-n5c6ccccc6c6ccccc65)c5ccccc5c43)=NC(c3ccccc3)N2)cc1. The second-order valence-corrected chi connectivity index (χ2v) is 12.3. The van der Waals surface area contributed by atoms with Gasteiger partial charge >= 0.3 is 0 Å². The molecule has 3 heterocycles. The van der Waals surface area contributed by atoms with Crippen LogP contribution in [-0.4, -0.2) is 20.9 Å². The molecule has 2 aromatic heterocycles. The molecule has 0 amide bonds. The van der Waals surface area contributed by atoms with Crippen LogP contribution >= 0.6 is 0 Å². The third-order valence-electron chi connectivity index (χ3n) is 9.57. The van der Waals surface area contributed by atoms with Crippen LogP contribution < -0.4 is 5.32 Å². The summed E-state index contributed by atoms with van der Waals surface area (Å²) in [5.74, 6) is 1.45. The topological polar surface area (TPSA) is 46.6 Å². The summed E-state index contributed by atoms with van der Waals surface area (Å²) in [4.78, 5) is 10.6. The molecule has 5 heteroatoms. The number of benzene rings is 7. The molecule has 0 saturated carbocycles. The van der Waals surface area contributed by atoms with Gasteiger partial charge in [-0.1, -0.05) is 140 Å². The number of hydrogen-bond acceptors (Lipinski definition) is 3. The molecule has 5 nitrogen and oxygen atoms in total. The van der Waals surface area contributed by atoms with Gasteiger partial charge in [-0.2, -0.15) is 4.99 Å². The number of para-hydroxylation sites is 3. The van der Waals surface area contributed by atoms with Gasteiger partial charge in [-0.05, 0) is 29.8 Å². The molecular formula is C43H29N5. The number of amidine groups is 1. The average molecular weight is 616 g/mol. The van der Waals surface area contributed by atoms with Crippen molar-refractivity contribution in [2.24, 2.45) is 9.98 Å².